The Hall–Kier alpha value is -1.59. The van der Waals surface area contributed by atoms with Gasteiger partial charge < -0.3 is 16.0 Å². The van der Waals surface area contributed by atoms with Crippen molar-refractivity contribution in [2.75, 3.05) is 26.2 Å². The maximum Gasteiger partial charge on any atom is 0.251 e. The van der Waals surface area contributed by atoms with Crippen molar-refractivity contribution in [1.29, 1.82) is 0 Å². The Morgan fingerprint density at radius 3 is 2.58 bits per heavy atom. The maximum absolute atomic E-state index is 12.3. The molecule has 0 saturated carbocycles. The number of nitrogens with two attached hydrogens (primary N) is 1. The number of unbranched alkanes of at least 4 members (excludes halogenated alkanes) is 3. The van der Waals surface area contributed by atoms with E-state index in [9.17, 15) is 9.59 Å². The molecule has 1 aliphatic heterocycles. The van der Waals surface area contributed by atoms with Gasteiger partial charge >= 0.3 is 0 Å². The monoisotopic (exact) mass is 381 g/mol. The largest absolute Gasteiger partial charge is 0.352 e. The SMILES string of the molecule is Cl.NCCCCCCC(=O)N1CCCC(CNC(=O)c2ccccc2)C1. The van der Waals surface area contributed by atoms with Gasteiger partial charge in [0.15, 0.2) is 0 Å². The third kappa shape index (κ3) is 7.75. The highest BCUT2D eigenvalue weighted by molar-refractivity contribution is 5.94. The second kappa shape index (κ2) is 12.7. The number of hydrogen-bond donors (Lipinski definition) is 2. The molecule has 1 aliphatic rings. The van der Waals surface area contributed by atoms with Gasteiger partial charge in [0.25, 0.3) is 5.91 Å². The molecule has 1 fully saturated rings. The summed E-state index contributed by atoms with van der Waals surface area (Å²) in [5.74, 6) is 0.568. The van der Waals surface area contributed by atoms with Gasteiger partial charge in [0.05, 0.1) is 0 Å². The summed E-state index contributed by atoms with van der Waals surface area (Å²) in [6.45, 7) is 2.98. The Bertz CT molecular complexity index is 539. The van der Waals surface area contributed by atoms with Gasteiger partial charge in [-0.05, 0) is 50.3 Å². The van der Waals surface area contributed by atoms with Crippen molar-refractivity contribution in [2.45, 2.75) is 44.9 Å². The van der Waals surface area contributed by atoms with Crippen LogP contribution in [0.5, 0.6) is 0 Å². The van der Waals surface area contributed by atoms with Gasteiger partial charge in [0.2, 0.25) is 5.91 Å². The third-order valence-corrected chi connectivity index (χ3v) is 4.80. The number of halogens is 1. The predicted molar refractivity (Wildman–Crippen MR) is 107 cm³/mol. The van der Waals surface area contributed by atoms with E-state index in [1.165, 1.54) is 0 Å². The lowest BCUT2D eigenvalue weighted by Gasteiger charge is -2.33. The van der Waals surface area contributed by atoms with Crippen molar-refractivity contribution in [3.05, 3.63) is 35.9 Å². The van der Waals surface area contributed by atoms with E-state index in [1.54, 1.807) is 0 Å². The van der Waals surface area contributed by atoms with Crippen molar-refractivity contribution in [3.8, 4) is 0 Å². The zero-order chi connectivity index (χ0) is 17.9. The summed E-state index contributed by atoms with van der Waals surface area (Å²) in [5.41, 5.74) is 6.17. The van der Waals surface area contributed by atoms with Crippen molar-refractivity contribution in [2.24, 2.45) is 11.7 Å². The fraction of sp³-hybridized carbons (Fsp3) is 0.600. The van der Waals surface area contributed by atoms with Crippen LogP contribution in [0.25, 0.3) is 0 Å². The smallest absolute Gasteiger partial charge is 0.251 e. The Kier molecular flexibility index (Phi) is 11.0. The average Bonchev–Trinajstić information content (AvgIpc) is 2.66. The number of nitrogens with zero attached hydrogens (tertiary/aromatic N) is 1. The van der Waals surface area contributed by atoms with Gasteiger partial charge in [-0.2, -0.15) is 0 Å². The molecule has 26 heavy (non-hydrogen) atoms. The van der Waals surface area contributed by atoms with E-state index in [4.69, 9.17) is 5.73 Å². The number of amides is 2. The standard InChI is InChI=1S/C20H31N3O2.ClH/c21-13-7-2-1-6-12-19(24)23-14-8-9-17(16-23)15-22-20(25)18-10-4-3-5-11-18;/h3-5,10-11,17H,1-2,6-9,12-16,21H2,(H,22,25);1H. The van der Waals surface area contributed by atoms with Gasteiger partial charge in [0, 0.05) is 31.6 Å². The highest BCUT2D eigenvalue weighted by Gasteiger charge is 2.23. The molecule has 0 aliphatic carbocycles. The number of piperidine rings is 1. The van der Waals surface area contributed by atoms with E-state index in [1.807, 2.05) is 35.2 Å². The molecule has 1 aromatic carbocycles. The van der Waals surface area contributed by atoms with E-state index >= 15 is 0 Å². The van der Waals surface area contributed by atoms with Crippen LogP contribution >= 0.6 is 12.4 Å². The van der Waals surface area contributed by atoms with Crippen LogP contribution < -0.4 is 11.1 Å². The van der Waals surface area contributed by atoms with Crippen LogP contribution in [-0.2, 0) is 4.79 Å². The maximum atomic E-state index is 12.3. The number of likely N-dealkylation sites (tertiary alicyclic amines) is 1. The molecular weight excluding hydrogens is 350 g/mol. The van der Waals surface area contributed by atoms with Crippen LogP contribution in [0.1, 0.15) is 55.3 Å². The number of carbonyl (C=O) groups excluding carboxylic acids is 2. The first-order chi connectivity index (χ1) is 12.2. The van der Waals surface area contributed by atoms with Crippen molar-refractivity contribution in [3.63, 3.8) is 0 Å². The molecule has 2 amide bonds. The zero-order valence-corrected chi connectivity index (χ0v) is 16.3. The summed E-state index contributed by atoms with van der Waals surface area (Å²) in [7, 11) is 0. The van der Waals surface area contributed by atoms with E-state index in [0.29, 0.717) is 24.4 Å². The van der Waals surface area contributed by atoms with Crippen molar-refractivity contribution >= 4 is 24.2 Å². The lowest BCUT2D eigenvalue weighted by Crippen LogP contribution is -2.43. The second-order valence-corrected chi connectivity index (χ2v) is 6.88. The van der Waals surface area contributed by atoms with Gasteiger partial charge in [-0.15, -0.1) is 12.4 Å². The molecule has 1 atom stereocenters. The molecule has 0 bridgehead atoms. The Morgan fingerprint density at radius 1 is 1.12 bits per heavy atom. The lowest BCUT2D eigenvalue weighted by molar-refractivity contribution is -0.133. The fourth-order valence-electron chi connectivity index (χ4n) is 3.32. The fourth-order valence-corrected chi connectivity index (χ4v) is 3.32. The van der Waals surface area contributed by atoms with E-state index in [-0.39, 0.29) is 24.2 Å². The summed E-state index contributed by atoms with van der Waals surface area (Å²) in [6, 6.07) is 9.26. The van der Waals surface area contributed by atoms with E-state index in [2.05, 4.69) is 5.32 Å². The number of benzene rings is 1. The molecule has 0 spiro atoms. The van der Waals surface area contributed by atoms with Crippen molar-refractivity contribution < 1.29 is 9.59 Å². The molecular formula is C20H32ClN3O2. The molecule has 146 valence electrons. The summed E-state index contributed by atoms with van der Waals surface area (Å²) in [5, 5.41) is 3.01. The molecule has 1 saturated heterocycles. The van der Waals surface area contributed by atoms with Gasteiger partial charge in [0.1, 0.15) is 0 Å². The van der Waals surface area contributed by atoms with Crippen LogP contribution in [0.2, 0.25) is 0 Å². The lowest BCUT2D eigenvalue weighted by atomic mass is 9.97. The minimum atomic E-state index is -0.0380. The predicted octanol–water partition coefficient (Wildman–Crippen LogP) is 2.99. The van der Waals surface area contributed by atoms with Gasteiger partial charge in [-0.3, -0.25) is 9.59 Å². The molecule has 6 heteroatoms. The molecule has 1 heterocycles. The quantitative estimate of drug-likeness (QED) is 0.645. The normalized spacial score (nSPS) is 16.7. The average molecular weight is 382 g/mol. The topological polar surface area (TPSA) is 75.4 Å². The molecule has 0 aromatic heterocycles. The van der Waals surface area contributed by atoms with Gasteiger partial charge in [-0.1, -0.05) is 31.0 Å². The first-order valence-corrected chi connectivity index (χ1v) is 9.52. The Balaban J connectivity index is 0.00000338. The first kappa shape index (κ1) is 22.5. The Labute approximate surface area is 163 Å². The summed E-state index contributed by atoms with van der Waals surface area (Å²) >= 11 is 0. The van der Waals surface area contributed by atoms with E-state index < -0.39 is 0 Å². The van der Waals surface area contributed by atoms with Crippen LogP contribution in [0.3, 0.4) is 0 Å². The molecule has 5 nitrogen and oxygen atoms in total. The minimum absolute atomic E-state index is 0. The van der Waals surface area contributed by atoms with Crippen LogP contribution in [0, 0.1) is 5.92 Å². The summed E-state index contributed by atoms with van der Waals surface area (Å²) in [6.07, 6.45) is 6.89. The number of hydrogen-bond acceptors (Lipinski definition) is 3. The first-order valence-electron chi connectivity index (χ1n) is 9.52. The second-order valence-electron chi connectivity index (χ2n) is 6.88. The molecule has 2 rings (SSSR count). The number of rotatable bonds is 9. The highest BCUT2D eigenvalue weighted by atomic mass is 35.5. The minimum Gasteiger partial charge on any atom is -0.352 e. The number of carbonyl (C=O) groups is 2. The molecule has 1 aromatic rings. The Morgan fingerprint density at radius 2 is 1.85 bits per heavy atom. The number of nitrogens with one attached hydrogen (secondary N) is 1. The summed E-state index contributed by atoms with van der Waals surface area (Å²) in [4.78, 5) is 26.5. The summed E-state index contributed by atoms with van der Waals surface area (Å²) < 4.78 is 0. The highest BCUT2D eigenvalue weighted by Crippen LogP contribution is 2.17. The molecule has 3 N–H and O–H groups in total. The van der Waals surface area contributed by atoms with Crippen LogP contribution in [0.15, 0.2) is 30.3 Å². The third-order valence-electron chi connectivity index (χ3n) is 4.80. The van der Waals surface area contributed by atoms with Crippen LogP contribution in [-0.4, -0.2) is 42.9 Å². The van der Waals surface area contributed by atoms with Gasteiger partial charge in [-0.25, -0.2) is 0 Å². The van der Waals surface area contributed by atoms with E-state index in [0.717, 1.165) is 58.2 Å². The van der Waals surface area contributed by atoms with Crippen molar-refractivity contribution in [1.82, 2.24) is 10.2 Å². The van der Waals surface area contributed by atoms with Crippen LogP contribution in [0.4, 0.5) is 0 Å². The zero-order valence-electron chi connectivity index (χ0n) is 15.5. The molecule has 1 unspecified atom stereocenters. The molecule has 0 radical (unpaired) electrons.